The van der Waals surface area contributed by atoms with Crippen molar-refractivity contribution < 1.29 is 9.18 Å². The molecule has 3 rings (SSSR count). The first-order valence-corrected chi connectivity index (χ1v) is 6.97. The monoisotopic (exact) mass is 347 g/mol. The normalized spacial score (nSPS) is 10.8. The highest BCUT2D eigenvalue weighted by atomic mass is 79.9. The van der Waals surface area contributed by atoms with Crippen LogP contribution in [0.3, 0.4) is 0 Å². The minimum absolute atomic E-state index is 0.321. The average Bonchev–Trinajstić information content (AvgIpc) is 2.87. The van der Waals surface area contributed by atoms with Gasteiger partial charge in [0, 0.05) is 9.86 Å². The molecule has 106 valence electrons. The largest absolute Gasteiger partial charge is 0.397 e. The molecule has 3 aromatic rings. The van der Waals surface area contributed by atoms with Crippen molar-refractivity contribution in [3.05, 3.63) is 58.4 Å². The summed E-state index contributed by atoms with van der Waals surface area (Å²) >= 11 is 3.21. The van der Waals surface area contributed by atoms with E-state index in [-0.39, 0.29) is 11.7 Å². The van der Waals surface area contributed by atoms with Crippen LogP contribution in [0, 0.1) is 5.82 Å². The quantitative estimate of drug-likeness (QED) is 0.615. The molecular weight excluding hydrogens is 337 g/mol. The van der Waals surface area contributed by atoms with Crippen molar-refractivity contribution in [2.24, 2.45) is 0 Å². The van der Waals surface area contributed by atoms with E-state index in [1.165, 1.54) is 18.2 Å². The second-order valence-corrected chi connectivity index (χ2v) is 5.43. The maximum atomic E-state index is 13.0. The van der Waals surface area contributed by atoms with Crippen molar-refractivity contribution in [2.75, 3.05) is 11.1 Å². The molecule has 1 amide bonds. The van der Waals surface area contributed by atoms with Crippen LogP contribution in [0.5, 0.6) is 0 Å². The molecule has 6 heteroatoms. The lowest BCUT2D eigenvalue weighted by Crippen LogP contribution is -2.12. The number of H-pyrrole nitrogens is 1. The van der Waals surface area contributed by atoms with Crippen molar-refractivity contribution in [2.45, 2.75) is 0 Å². The molecule has 0 aliphatic heterocycles. The molecule has 1 aromatic heterocycles. The summed E-state index contributed by atoms with van der Waals surface area (Å²) in [6, 6.07) is 11.2. The number of nitrogens with two attached hydrogens (primary N) is 1. The number of carbonyl (C=O) groups is 1. The van der Waals surface area contributed by atoms with Gasteiger partial charge in [-0.1, -0.05) is 12.1 Å². The van der Waals surface area contributed by atoms with E-state index < -0.39 is 0 Å². The van der Waals surface area contributed by atoms with Crippen LogP contribution in [-0.4, -0.2) is 10.9 Å². The molecule has 4 nitrogen and oxygen atoms in total. The van der Waals surface area contributed by atoms with Crippen LogP contribution >= 0.6 is 15.9 Å². The SMILES string of the molecule is Nc1cccc2cc(C(=O)Nc3ccc(F)cc3Br)[nH]c12. The van der Waals surface area contributed by atoms with Gasteiger partial charge in [-0.3, -0.25) is 4.79 Å². The zero-order chi connectivity index (χ0) is 15.0. The summed E-state index contributed by atoms with van der Waals surface area (Å²) in [5, 5.41) is 3.57. The number of hydrogen-bond acceptors (Lipinski definition) is 2. The number of hydrogen-bond donors (Lipinski definition) is 3. The minimum atomic E-state index is -0.377. The fraction of sp³-hybridized carbons (Fsp3) is 0. The van der Waals surface area contributed by atoms with Gasteiger partial charge in [0.2, 0.25) is 0 Å². The molecule has 0 aliphatic rings. The second kappa shape index (κ2) is 5.21. The van der Waals surface area contributed by atoms with Gasteiger partial charge in [-0.05, 0) is 46.3 Å². The first-order valence-electron chi connectivity index (χ1n) is 6.18. The lowest BCUT2D eigenvalue weighted by Gasteiger charge is -2.06. The lowest BCUT2D eigenvalue weighted by atomic mass is 10.2. The van der Waals surface area contributed by atoms with Gasteiger partial charge >= 0.3 is 0 Å². The lowest BCUT2D eigenvalue weighted by molar-refractivity contribution is 0.102. The van der Waals surface area contributed by atoms with Crippen molar-refractivity contribution >= 4 is 44.1 Å². The zero-order valence-corrected chi connectivity index (χ0v) is 12.4. The van der Waals surface area contributed by atoms with Gasteiger partial charge in [0.1, 0.15) is 11.5 Å². The fourth-order valence-electron chi connectivity index (χ4n) is 2.08. The summed E-state index contributed by atoms with van der Waals surface area (Å²) in [6.07, 6.45) is 0. The van der Waals surface area contributed by atoms with Gasteiger partial charge in [0.15, 0.2) is 0 Å². The molecular formula is C15H11BrFN3O. The standard InChI is InChI=1S/C15H11BrFN3O/c16-10-7-9(17)4-5-12(10)20-15(21)13-6-8-2-1-3-11(18)14(8)19-13/h1-7,19H,18H2,(H,20,21). The Kier molecular flexibility index (Phi) is 3.39. The number of aromatic nitrogens is 1. The Balaban J connectivity index is 1.92. The number of carbonyl (C=O) groups excluding carboxylic acids is 1. The topological polar surface area (TPSA) is 70.9 Å². The molecule has 0 bridgehead atoms. The summed E-state index contributed by atoms with van der Waals surface area (Å²) in [4.78, 5) is 15.2. The summed E-state index contributed by atoms with van der Waals surface area (Å²) in [7, 11) is 0. The number of nitrogen functional groups attached to an aromatic ring is 1. The first-order chi connectivity index (χ1) is 10.0. The molecule has 21 heavy (non-hydrogen) atoms. The smallest absolute Gasteiger partial charge is 0.272 e. The van der Waals surface area contributed by atoms with Crippen LogP contribution in [0.25, 0.3) is 10.9 Å². The highest BCUT2D eigenvalue weighted by Gasteiger charge is 2.12. The first kappa shape index (κ1) is 13.6. The summed E-state index contributed by atoms with van der Waals surface area (Å²) < 4.78 is 13.5. The fourth-order valence-corrected chi connectivity index (χ4v) is 2.53. The maximum Gasteiger partial charge on any atom is 0.272 e. The predicted octanol–water partition coefficient (Wildman–Crippen LogP) is 3.90. The van der Waals surface area contributed by atoms with Gasteiger partial charge in [-0.2, -0.15) is 0 Å². The highest BCUT2D eigenvalue weighted by molar-refractivity contribution is 9.10. The van der Waals surface area contributed by atoms with Crippen LogP contribution in [0.4, 0.5) is 15.8 Å². The van der Waals surface area contributed by atoms with Crippen LogP contribution in [-0.2, 0) is 0 Å². The third kappa shape index (κ3) is 2.62. The van der Waals surface area contributed by atoms with Gasteiger partial charge in [0.05, 0.1) is 16.9 Å². The van der Waals surface area contributed by atoms with Gasteiger partial charge in [0.25, 0.3) is 5.91 Å². The average molecular weight is 348 g/mol. The van der Waals surface area contributed by atoms with Gasteiger partial charge in [-0.15, -0.1) is 0 Å². The molecule has 0 radical (unpaired) electrons. The zero-order valence-electron chi connectivity index (χ0n) is 10.8. The second-order valence-electron chi connectivity index (χ2n) is 4.57. The third-order valence-electron chi connectivity index (χ3n) is 3.11. The van der Waals surface area contributed by atoms with E-state index in [4.69, 9.17) is 5.73 Å². The number of rotatable bonds is 2. The van der Waals surface area contributed by atoms with Crippen molar-refractivity contribution in [1.82, 2.24) is 4.98 Å². The number of anilines is 2. The Hall–Kier alpha value is -2.34. The number of fused-ring (bicyclic) bond motifs is 1. The van der Waals surface area contributed by atoms with E-state index in [0.717, 1.165) is 10.9 Å². The molecule has 0 saturated carbocycles. The number of halogens is 2. The minimum Gasteiger partial charge on any atom is -0.397 e. The Morgan fingerprint density at radius 1 is 1.24 bits per heavy atom. The highest BCUT2D eigenvalue weighted by Crippen LogP contribution is 2.25. The van der Waals surface area contributed by atoms with E-state index in [2.05, 4.69) is 26.2 Å². The van der Waals surface area contributed by atoms with Crippen LogP contribution in [0.1, 0.15) is 10.5 Å². The molecule has 2 aromatic carbocycles. The van der Waals surface area contributed by atoms with E-state index in [0.29, 0.717) is 21.5 Å². The Labute approximate surface area is 128 Å². The molecule has 0 aliphatic carbocycles. The third-order valence-corrected chi connectivity index (χ3v) is 3.77. The van der Waals surface area contributed by atoms with E-state index in [1.807, 2.05) is 12.1 Å². The van der Waals surface area contributed by atoms with E-state index in [1.54, 1.807) is 12.1 Å². The number of nitrogens with one attached hydrogen (secondary N) is 2. The number of benzene rings is 2. The molecule has 0 atom stereocenters. The van der Waals surface area contributed by atoms with Crippen molar-refractivity contribution in [3.63, 3.8) is 0 Å². The summed E-state index contributed by atoms with van der Waals surface area (Å²) in [6.45, 7) is 0. The van der Waals surface area contributed by atoms with Crippen molar-refractivity contribution in [3.8, 4) is 0 Å². The molecule has 0 unspecified atom stereocenters. The maximum absolute atomic E-state index is 13.0. The van der Waals surface area contributed by atoms with Crippen LogP contribution in [0.15, 0.2) is 46.9 Å². The van der Waals surface area contributed by atoms with E-state index in [9.17, 15) is 9.18 Å². The van der Waals surface area contributed by atoms with Crippen LogP contribution < -0.4 is 11.1 Å². The van der Waals surface area contributed by atoms with Gasteiger partial charge < -0.3 is 16.0 Å². The van der Waals surface area contributed by atoms with Gasteiger partial charge in [-0.25, -0.2) is 4.39 Å². The Bertz CT molecular complexity index is 844. The molecule has 0 spiro atoms. The van der Waals surface area contributed by atoms with E-state index >= 15 is 0 Å². The number of para-hydroxylation sites is 1. The Morgan fingerprint density at radius 3 is 2.76 bits per heavy atom. The molecule has 0 fully saturated rings. The molecule has 1 heterocycles. The molecule has 0 saturated heterocycles. The number of amides is 1. The van der Waals surface area contributed by atoms with Crippen molar-refractivity contribution in [1.29, 1.82) is 0 Å². The Morgan fingerprint density at radius 2 is 2.05 bits per heavy atom. The van der Waals surface area contributed by atoms with Crippen LogP contribution in [0.2, 0.25) is 0 Å². The predicted molar refractivity (Wildman–Crippen MR) is 84.8 cm³/mol. The summed E-state index contributed by atoms with van der Waals surface area (Å²) in [5.41, 5.74) is 8.03. The summed E-state index contributed by atoms with van der Waals surface area (Å²) in [5.74, 6) is -0.698. The number of aromatic amines is 1. The molecule has 4 N–H and O–H groups in total.